The van der Waals surface area contributed by atoms with Gasteiger partial charge >= 0.3 is 0 Å². The molecule has 1 aliphatic heterocycles. The van der Waals surface area contributed by atoms with Crippen LogP contribution < -0.4 is 15.5 Å². The quantitative estimate of drug-likeness (QED) is 0.786. The third kappa shape index (κ3) is 3.30. The van der Waals surface area contributed by atoms with Crippen LogP contribution in [0.2, 0.25) is 0 Å². The van der Waals surface area contributed by atoms with Gasteiger partial charge in [0.25, 0.3) is 0 Å². The van der Waals surface area contributed by atoms with Gasteiger partial charge in [0.05, 0.1) is 11.9 Å². The summed E-state index contributed by atoms with van der Waals surface area (Å²) in [6.45, 7) is 2.24. The Morgan fingerprint density at radius 1 is 1.29 bits per heavy atom. The van der Waals surface area contributed by atoms with Crippen LogP contribution in [0.15, 0.2) is 18.3 Å². The van der Waals surface area contributed by atoms with E-state index in [9.17, 15) is 0 Å². The van der Waals surface area contributed by atoms with Crippen molar-refractivity contribution in [3.8, 4) is 0 Å². The first kappa shape index (κ1) is 12.1. The monoisotopic (exact) mass is 250 g/mol. The molecule has 1 fully saturated rings. The fourth-order valence-electron chi connectivity index (χ4n) is 1.96. The smallest absolute Gasteiger partial charge is 0.170 e. The highest BCUT2D eigenvalue weighted by Gasteiger charge is 2.11. The third-order valence-electron chi connectivity index (χ3n) is 2.91. The Bertz CT molecular complexity index is 371. The van der Waals surface area contributed by atoms with Gasteiger partial charge in [-0.2, -0.15) is 0 Å². The molecule has 0 aliphatic carbocycles. The first-order valence-corrected chi connectivity index (χ1v) is 6.40. The molecule has 5 heteroatoms. The molecule has 17 heavy (non-hydrogen) atoms. The molecule has 0 amide bonds. The van der Waals surface area contributed by atoms with Crippen LogP contribution in [0, 0.1) is 0 Å². The molecule has 0 spiro atoms. The van der Waals surface area contributed by atoms with Crippen LogP contribution in [-0.4, -0.2) is 30.2 Å². The van der Waals surface area contributed by atoms with E-state index in [2.05, 4.69) is 20.5 Å². The van der Waals surface area contributed by atoms with E-state index in [4.69, 9.17) is 12.2 Å². The molecule has 1 aromatic rings. The minimum absolute atomic E-state index is 0.609. The van der Waals surface area contributed by atoms with Gasteiger partial charge in [0.2, 0.25) is 0 Å². The second kappa shape index (κ2) is 5.82. The minimum Gasteiger partial charge on any atom is -0.366 e. The maximum absolute atomic E-state index is 5.03. The van der Waals surface area contributed by atoms with E-state index in [0.29, 0.717) is 5.11 Å². The lowest BCUT2D eigenvalue weighted by Gasteiger charge is -2.27. The average molecular weight is 250 g/mol. The highest BCUT2D eigenvalue weighted by atomic mass is 32.1. The second-order valence-corrected chi connectivity index (χ2v) is 4.57. The Labute approximate surface area is 107 Å². The van der Waals surface area contributed by atoms with Gasteiger partial charge < -0.3 is 15.5 Å². The van der Waals surface area contributed by atoms with Crippen molar-refractivity contribution in [3.63, 3.8) is 0 Å². The lowest BCUT2D eigenvalue weighted by atomic mass is 10.1. The second-order valence-electron chi connectivity index (χ2n) is 4.16. The van der Waals surface area contributed by atoms with E-state index in [1.54, 1.807) is 7.05 Å². The summed E-state index contributed by atoms with van der Waals surface area (Å²) in [4.78, 5) is 6.80. The first-order chi connectivity index (χ1) is 8.29. The summed E-state index contributed by atoms with van der Waals surface area (Å²) >= 11 is 5.03. The topological polar surface area (TPSA) is 40.2 Å². The molecule has 2 rings (SSSR count). The Balaban J connectivity index is 1.99. The lowest BCUT2D eigenvalue weighted by molar-refractivity contribution is 0.573. The number of anilines is 2. The fourth-order valence-corrected chi connectivity index (χ4v) is 2.08. The van der Waals surface area contributed by atoms with Crippen LogP contribution in [0.25, 0.3) is 0 Å². The zero-order chi connectivity index (χ0) is 12.1. The number of pyridine rings is 1. The molecule has 2 heterocycles. The summed E-state index contributed by atoms with van der Waals surface area (Å²) in [6, 6.07) is 4.06. The van der Waals surface area contributed by atoms with E-state index in [1.807, 2.05) is 18.3 Å². The summed E-state index contributed by atoms with van der Waals surface area (Å²) in [5.41, 5.74) is 0.921. The normalized spacial score (nSPS) is 15.5. The molecule has 4 nitrogen and oxygen atoms in total. The van der Waals surface area contributed by atoms with Crippen LogP contribution in [0.5, 0.6) is 0 Å². The summed E-state index contributed by atoms with van der Waals surface area (Å²) in [5, 5.41) is 6.54. The maximum atomic E-state index is 5.03. The zero-order valence-corrected chi connectivity index (χ0v) is 10.9. The van der Waals surface area contributed by atoms with Gasteiger partial charge in [-0.05, 0) is 43.6 Å². The van der Waals surface area contributed by atoms with Gasteiger partial charge in [0, 0.05) is 20.1 Å². The van der Waals surface area contributed by atoms with Crippen molar-refractivity contribution in [1.29, 1.82) is 0 Å². The van der Waals surface area contributed by atoms with Gasteiger partial charge in [-0.1, -0.05) is 0 Å². The molecule has 0 saturated carbocycles. The van der Waals surface area contributed by atoms with Crippen molar-refractivity contribution in [2.75, 3.05) is 30.4 Å². The molecule has 1 saturated heterocycles. The molecule has 0 unspecified atom stereocenters. The Hall–Kier alpha value is -1.36. The summed E-state index contributed by atoms with van der Waals surface area (Å²) in [6.07, 6.45) is 5.71. The van der Waals surface area contributed by atoms with E-state index >= 15 is 0 Å². The standard InChI is InChI=1S/C12H18N4S/c1-13-12(17)15-10-5-6-11(14-9-10)16-7-3-2-4-8-16/h5-6,9H,2-4,7-8H2,1H3,(H2,13,15,17). The van der Waals surface area contributed by atoms with E-state index in [1.165, 1.54) is 19.3 Å². The highest BCUT2D eigenvalue weighted by molar-refractivity contribution is 7.80. The van der Waals surface area contributed by atoms with Crippen molar-refractivity contribution in [1.82, 2.24) is 10.3 Å². The van der Waals surface area contributed by atoms with E-state index < -0.39 is 0 Å². The fraction of sp³-hybridized carbons (Fsp3) is 0.500. The molecular weight excluding hydrogens is 232 g/mol. The van der Waals surface area contributed by atoms with Gasteiger partial charge in [0.1, 0.15) is 5.82 Å². The number of nitrogens with zero attached hydrogens (tertiary/aromatic N) is 2. The van der Waals surface area contributed by atoms with Gasteiger partial charge in [0.15, 0.2) is 5.11 Å². The molecule has 92 valence electrons. The van der Waals surface area contributed by atoms with Gasteiger partial charge in [-0.3, -0.25) is 0 Å². The summed E-state index contributed by atoms with van der Waals surface area (Å²) in [7, 11) is 1.80. The van der Waals surface area contributed by atoms with Crippen LogP contribution in [0.3, 0.4) is 0 Å². The number of rotatable bonds is 2. The van der Waals surface area contributed by atoms with Crippen LogP contribution in [0.1, 0.15) is 19.3 Å². The molecule has 0 atom stereocenters. The maximum Gasteiger partial charge on any atom is 0.170 e. The van der Waals surface area contributed by atoms with E-state index in [-0.39, 0.29) is 0 Å². The Morgan fingerprint density at radius 3 is 2.65 bits per heavy atom. The number of aromatic nitrogens is 1. The van der Waals surface area contributed by atoms with Crippen molar-refractivity contribution in [2.24, 2.45) is 0 Å². The molecule has 1 aromatic heterocycles. The Kier molecular flexibility index (Phi) is 4.14. The molecule has 1 aliphatic rings. The minimum atomic E-state index is 0.609. The number of piperidine rings is 1. The number of hydrogen-bond donors (Lipinski definition) is 2. The molecule has 0 bridgehead atoms. The van der Waals surface area contributed by atoms with Gasteiger partial charge in [-0.15, -0.1) is 0 Å². The van der Waals surface area contributed by atoms with Gasteiger partial charge in [-0.25, -0.2) is 4.98 Å². The third-order valence-corrected chi connectivity index (χ3v) is 3.22. The summed E-state index contributed by atoms with van der Waals surface area (Å²) in [5.74, 6) is 1.06. The van der Waals surface area contributed by atoms with E-state index in [0.717, 1.165) is 24.6 Å². The first-order valence-electron chi connectivity index (χ1n) is 5.99. The molecular formula is C12H18N4S. The number of thiocarbonyl (C=S) groups is 1. The van der Waals surface area contributed by atoms with Crippen LogP contribution in [0.4, 0.5) is 11.5 Å². The zero-order valence-electron chi connectivity index (χ0n) is 10.1. The summed E-state index contributed by atoms with van der Waals surface area (Å²) < 4.78 is 0. The van der Waals surface area contributed by atoms with Crippen LogP contribution in [-0.2, 0) is 0 Å². The van der Waals surface area contributed by atoms with Crippen LogP contribution >= 0.6 is 12.2 Å². The van der Waals surface area contributed by atoms with Crippen molar-refractivity contribution < 1.29 is 0 Å². The predicted octanol–water partition coefficient (Wildman–Crippen LogP) is 1.99. The largest absolute Gasteiger partial charge is 0.366 e. The lowest BCUT2D eigenvalue weighted by Crippen LogP contribution is -2.30. The number of nitrogens with one attached hydrogen (secondary N) is 2. The highest BCUT2D eigenvalue weighted by Crippen LogP contribution is 2.18. The van der Waals surface area contributed by atoms with Crippen molar-refractivity contribution in [2.45, 2.75) is 19.3 Å². The molecule has 0 aromatic carbocycles. The predicted molar refractivity (Wildman–Crippen MR) is 75.6 cm³/mol. The SMILES string of the molecule is CNC(=S)Nc1ccc(N2CCCCC2)nc1. The average Bonchev–Trinajstić information content (AvgIpc) is 2.40. The Morgan fingerprint density at radius 2 is 2.06 bits per heavy atom. The van der Waals surface area contributed by atoms with Crippen molar-refractivity contribution >= 4 is 28.8 Å². The molecule has 2 N–H and O–H groups in total. The van der Waals surface area contributed by atoms with Crippen molar-refractivity contribution in [3.05, 3.63) is 18.3 Å². The number of hydrogen-bond acceptors (Lipinski definition) is 3. The molecule has 0 radical (unpaired) electrons.